The largest absolute Gasteiger partial charge is 0.456 e. The van der Waals surface area contributed by atoms with E-state index in [4.69, 9.17) is 10.00 Å². The van der Waals surface area contributed by atoms with Crippen molar-refractivity contribution in [3.8, 4) is 6.07 Å². The SMILES string of the molecule is CC(=O)OC(C)=C(C#N)C(=O)OC(C)(C)C. The van der Waals surface area contributed by atoms with Crippen molar-refractivity contribution in [1.82, 2.24) is 0 Å². The molecule has 0 fully saturated rings. The van der Waals surface area contributed by atoms with Crippen LogP contribution < -0.4 is 0 Å². The maximum Gasteiger partial charge on any atom is 0.352 e. The lowest BCUT2D eigenvalue weighted by molar-refractivity contribution is -0.149. The molecule has 0 saturated carbocycles. The van der Waals surface area contributed by atoms with Gasteiger partial charge in [0.15, 0.2) is 5.57 Å². The van der Waals surface area contributed by atoms with E-state index in [0.717, 1.165) is 0 Å². The first-order valence-corrected chi connectivity index (χ1v) is 4.70. The maximum atomic E-state index is 11.5. The van der Waals surface area contributed by atoms with E-state index in [9.17, 15) is 9.59 Å². The molecule has 0 aromatic heterocycles. The Morgan fingerprint density at radius 1 is 1.19 bits per heavy atom. The average molecular weight is 225 g/mol. The van der Waals surface area contributed by atoms with Crippen LogP contribution in [-0.4, -0.2) is 17.5 Å². The lowest BCUT2D eigenvalue weighted by atomic mass is 10.2. The Kier molecular flexibility index (Phi) is 4.70. The Morgan fingerprint density at radius 2 is 1.69 bits per heavy atom. The molecule has 0 aliphatic rings. The molecule has 0 spiro atoms. The van der Waals surface area contributed by atoms with E-state index in [-0.39, 0.29) is 11.3 Å². The zero-order chi connectivity index (χ0) is 12.9. The van der Waals surface area contributed by atoms with Gasteiger partial charge in [-0.1, -0.05) is 0 Å². The number of hydrogen-bond acceptors (Lipinski definition) is 5. The monoisotopic (exact) mass is 225 g/mol. The van der Waals surface area contributed by atoms with Crippen molar-refractivity contribution in [3.05, 3.63) is 11.3 Å². The normalized spacial score (nSPS) is 12.2. The summed E-state index contributed by atoms with van der Waals surface area (Å²) in [5.74, 6) is -1.44. The summed E-state index contributed by atoms with van der Waals surface area (Å²) in [5.41, 5.74) is -1.000. The predicted molar refractivity (Wildman–Crippen MR) is 55.9 cm³/mol. The number of nitriles is 1. The number of nitrogens with zero attached hydrogens (tertiary/aromatic N) is 1. The molecular weight excluding hydrogens is 210 g/mol. The topological polar surface area (TPSA) is 76.4 Å². The van der Waals surface area contributed by atoms with Crippen molar-refractivity contribution in [2.24, 2.45) is 0 Å². The fourth-order valence-electron chi connectivity index (χ4n) is 0.864. The minimum Gasteiger partial charge on any atom is -0.456 e. The first-order chi connectivity index (χ1) is 7.17. The van der Waals surface area contributed by atoms with Crippen LogP contribution >= 0.6 is 0 Å². The van der Waals surface area contributed by atoms with Crippen LogP contribution in [0.5, 0.6) is 0 Å². The molecule has 5 heteroatoms. The average Bonchev–Trinajstić information content (AvgIpc) is 1.99. The summed E-state index contributed by atoms with van der Waals surface area (Å²) < 4.78 is 9.64. The van der Waals surface area contributed by atoms with Crippen molar-refractivity contribution < 1.29 is 19.1 Å². The summed E-state index contributed by atoms with van der Waals surface area (Å²) in [5, 5.41) is 8.78. The highest BCUT2D eigenvalue weighted by Crippen LogP contribution is 2.13. The fraction of sp³-hybridized carbons (Fsp3) is 0.545. The zero-order valence-corrected chi connectivity index (χ0v) is 10.1. The van der Waals surface area contributed by atoms with Crippen LogP contribution in [0.3, 0.4) is 0 Å². The smallest absolute Gasteiger partial charge is 0.352 e. The summed E-state index contributed by atoms with van der Waals surface area (Å²) in [6.45, 7) is 7.60. The van der Waals surface area contributed by atoms with Crippen LogP contribution in [0.15, 0.2) is 11.3 Å². The van der Waals surface area contributed by atoms with Crippen LogP contribution in [0.1, 0.15) is 34.6 Å². The molecule has 0 aliphatic heterocycles. The van der Waals surface area contributed by atoms with Gasteiger partial charge in [-0.25, -0.2) is 4.79 Å². The number of carbonyl (C=O) groups is 2. The third-order valence-electron chi connectivity index (χ3n) is 1.36. The molecule has 88 valence electrons. The molecule has 0 aromatic rings. The highest BCUT2D eigenvalue weighted by molar-refractivity contribution is 5.93. The Labute approximate surface area is 94.6 Å². The van der Waals surface area contributed by atoms with Crippen LogP contribution in [0.25, 0.3) is 0 Å². The van der Waals surface area contributed by atoms with Gasteiger partial charge in [0.2, 0.25) is 0 Å². The summed E-state index contributed by atoms with van der Waals surface area (Å²) in [7, 11) is 0. The third-order valence-corrected chi connectivity index (χ3v) is 1.36. The van der Waals surface area contributed by atoms with Gasteiger partial charge in [0.05, 0.1) is 0 Å². The molecule has 0 unspecified atom stereocenters. The summed E-state index contributed by atoms with van der Waals surface area (Å²) in [6.07, 6.45) is 0. The molecule has 0 N–H and O–H groups in total. The van der Waals surface area contributed by atoms with Crippen LogP contribution in [0.4, 0.5) is 0 Å². The van der Waals surface area contributed by atoms with Gasteiger partial charge in [-0.3, -0.25) is 4.79 Å². The summed E-state index contributed by atoms with van der Waals surface area (Å²) >= 11 is 0. The Hall–Kier alpha value is -1.83. The minimum atomic E-state index is -0.797. The number of esters is 2. The van der Waals surface area contributed by atoms with Gasteiger partial charge in [-0.2, -0.15) is 5.26 Å². The van der Waals surface area contributed by atoms with Crippen molar-refractivity contribution in [2.45, 2.75) is 40.2 Å². The number of rotatable bonds is 2. The number of allylic oxidation sites excluding steroid dienone is 1. The van der Waals surface area contributed by atoms with Crippen molar-refractivity contribution in [2.75, 3.05) is 0 Å². The lowest BCUT2D eigenvalue weighted by Gasteiger charge is -2.19. The lowest BCUT2D eigenvalue weighted by Crippen LogP contribution is -2.25. The van der Waals surface area contributed by atoms with E-state index in [0.29, 0.717) is 0 Å². The van der Waals surface area contributed by atoms with Crippen molar-refractivity contribution in [1.29, 1.82) is 5.26 Å². The van der Waals surface area contributed by atoms with Gasteiger partial charge in [-0.15, -0.1) is 0 Å². The van der Waals surface area contributed by atoms with Crippen molar-refractivity contribution in [3.63, 3.8) is 0 Å². The van der Waals surface area contributed by atoms with E-state index < -0.39 is 17.5 Å². The molecule has 0 saturated heterocycles. The molecule has 0 aliphatic carbocycles. The van der Waals surface area contributed by atoms with Gasteiger partial charge in [0, 0.05) is 6.92 Å². The van der Waals surface area contributed by atoms with Gasteiger partial charge < -0.3 is 9.47 Å². The van der Waals surface area contributed by atoms with E-state index in [1.54, 1.807) is 26.8 Å². The van der Waals surface area contributed by atoms with Crippen LogP contribution in [0.2, 0.25) is 0 Å². The molecule has 0 rings (SSSR count). The van der Waals surface area contributed by atoms with Crippen LogP contribution in [0, 0.1) is 11.3 Å². The fourth-order valence-corrected chi connectivity index (χ4v) is 0.864. The molecule has 0 bridgehead atoms. The van der Waals surface area contributed by atoms with Gasteiger partial charge in [0.25, 0.3) is 0 Å². The van der Waals surface area contributed by atoms with Crippen molar-refractivity contribution >= 4 is 11.9 Å². The van der Waals surface area contributed by atoms with E-state index in [1.165, 1.54) is 13.8 Å². The first-order valence-electron chi connectivity index (χ1n) is 4.70. The zero-order valence-electron chi connectivity index (χ0n) is 10.1. The highest BCUT2D eigenvalue weighted by Gasteiger charge is 2.22. The second kappa shape index (κ2) is 5.31. The molecule has 0 amide bonds. The Morgan fingerprint density at radius 3 is 2.00 bits per heavy atom. The Bertz CT molecular complexity index is 368. The standard InChI is InChI=1S/C11H15NO4/c1-7(15-8(2)13)9(6-12)10(14)16-11(3,4)5/h1-5H3. The second-order valence-electron chi connectivity index (χ2n) is 4.14. The number of hydrogen-bond donors (Lipinski definition) is 0. The summed E-state index contributed by atoms with van der Waals surface area (Å²) in [4.78, 5) is 22.2. The molecule has 0 aromatic carbocycles. The van der Waals surface area contributed by atoms with E-state index in [2.05, 4.69) is 4.74 Å². The minimum absolute atomic E-state index is 0.0516. The molecule has 0 radical (unpaired) electrons. The quantitative estimate of drug-likeness (QED) is 0.309. The Balaban J connectivity index is 4.95. The van der Waals surface area contributed by atoms with E-state index >= 15 is 0 Å². The van der Waals surface area contributed by atoms with Gasteiger partial charge in [0.1, 0.15) is 17.4 Å². The van der Waals surface area contributed by atoms with Gasteiger partial charge >= 0.3 is 11.9 Å². The van der Waals surface area contributed by atoms with E-state index in [1.807, 2.05) is 0 Å². The molecular formula is C11H15NO4. The van der Waals surface area contributed by atoms with Crippen LogP contribution in [-0.2, 0) is 19.1 Å². The maximum absolute atomic E-state index is 11.5. The number of ether oxygens (including phenoxy) is 2. The first kappa shape index (κ1) is 14.2. The third kappa shape index (κ3) is 5.15. The molecule has 5 nitrogen and oxygen atoms in total. The number of carbonyl (C=O) groups excluding carboxylic acids is 2. The summed E-state index contributed by atoms with van der Waals surface area (Å²) in [6, 6.07) is 1.66. The highest BCUT2D eigenvalue weighted by atomic mass is 16.6. The molecule has 16 heavy (non-hydrogen) atoms. The molecule has 0 atom stereocenters. The second-order valence-corrected chi connectivity index (χ2v) is 4.14. The predicted octanol–water partition coefficient (Wildman–Crippen LogP) is 1.69. The van der Waals surface area contributed by atoms with Gasteiger partial charge in [-0.05, 0) is 27.7 Å². The molecule has 0 heterocycles.